The summed E-state index contributed by atoms with van der Waals surface area (Å²) in [6, 6.07) is 0. The Bertz CT molecular complexity index is 206. The number of hydrogen-bond donors (Lipinski definition) is 0. The maximum atomic E-state index is 11.8. The van der Waals surface area contributed by atoms with E-state index in [4.69, 9.17) is 0 Å². The van der Waals surface area contributed by atoms with Crippen LogP contribution in [0.4, 0.5) is 0 Å². The Morgan fingerprint density at radius 3 is 2.18 bits per heavy atom. The van der Waals surface area contributed by atoms with Crippen molar-refractivity contribution in [2.75, 3.05) is 13.3 Å². The lowest BCUT2D eigenvalue weighted by Gasteiger charge is -2.25. The van der Waals surface area contributed by atoms with Gasteiger partial charge in [0.05, 0.1) is 7.14 Å². The second-order valence-electron chi connectivity index (χ2n) is 4.68. The number of hydrogen-bond acceptors (Lipinski definition) is 1. The smallest absolute Gasteiger partial charge is 0.0851 e. The molecule has 3 atom stereocenters. The second-order valence-corrected chi connectivity index (χ2v) is 8.21. The molecular weight excluding hydrogens is 155 g/mol. The summed E-state index contributed by atoms with van der Waals surface area (Å²) in [5, 5.41) is 0. The third kappa shape index (κ3) is 1.28. The first kappa shape index (κ1) is 7.86. The van der Waals surface area contributed by atoms with Crippen molar-refractivity contribution in [1.82, 2.24) is 0 Å². The summed E-state index contributed by atoms with van der Waals surface area (Å²) in [6.07, 6.45) is 5.44. The molecule has 0 N–H and O–H groups in total. The van der Waals surface area contributed by atoms with Crippen molar-refractivity contribution < 1.29 is 4.57 Å². The van der Waals surface area contributed by atoms with Crippen LogP contribution >= 0.6 is 7.14 Å². The average Bonchev–Trinajstić information content (AvgIpc) is 2.42. The Morgan fingerprint density at radius 2 is 1.91 bits per heavy atom. The van der Waals surface area contributed by atoms with Gasteiger partial charge in [-0.3, -0.25) is 0 Å². The van der Waals surface area contributed by atoms with Gasteiger partial charge in [0.25, 0.3) is 0 Å². The molecular formula is C9H17OP. The summed E-state index contributed by atoms with van der Waals surface area (Å²) in [5.41, 5.74) is 0.598. The fourth-order valence-electron chi connectivity index (χ4n) is 2.97. The molecule has 2 fully saturated rings. The molecule has 2 heteroatoms. The van der Waals surface area contributed by atoms with Crippen molar-refractivity contribution in [2.45, 2.75) is 31.3 Å². The zero-order valence-corrected chi connectivity index (χ0v) is 8.31. The molecule has 0 saturated heterocycles. The molecule has 0 spiro atoms. The standard InChI is InChI=1S/C9H17OP/c1-11(2,10)9-6-7-3-4-8(9)5-7/h7-9H,3-6H2,1-2H3/t7-,8+,9-/m0/s1. The Kier molecular flexibility index (Phi) is 1.68. The predicted octanol–water partition coefficient (Wildman–Crippen LogP) is 2.80. The van der Waals surface area contributed by atoms with Crippen molar-refractivity contribution in [3.8, 4) is 0 Å². The van der Waals surface area contributed by atoms with Gasteiger partial charge in [-0.15, -0.1) is 0 Å². The normalized spacial score (nSPS) is 43.3. The van der Waals surface area contributed by atoms with Gasteiger partial charge in [0.1, 0.15) is 0 Å². The second kappa shape index (κ2) is 2.36. The van der Waals surface area contributed by atoms with Crippen LogP contribution < -0.4 is 0 Å². The van der Waals surface area contributed by atoms with E-state index < -0.39 is 7.14 Å². The van der Waals surface area contributed by atoms with Crippen LogP contribution in [0.1, 0.15) is 25.7 Å². The zero-order chi connectivity index (χ0) is 8.06. The van der Waals surface area contributed by atoms with Crippen LogP contribution in [-0.4, -0.2) is 19.0 Å². The van der Waals surface area contributed by atoms with E-state index in [1.54, 1.807) is 0 Å². The van der Waals surface area contributed by atoms with E-state index in [2.05, 4.69) is 0 Å². The molecule has 0 aliphatic heterocycles. The highest BCUT2D eigenvalue weighted by molar-refractivity contribution is 7.63. The van der Waals surface area contributed by atoms with Crippen LogP contribution in [0, 0.1) is 11.8 Å². The molecule has 0 amide bonds. The summed E-state index contributed by atoms with van der Waals surface area (Å²) < 4.78 is 11.8. The van der Waals surface area contributed by atoms with E-state index >= 15 is 0 Å². The van der Waals surface area contributed by atoms with Gasteiger partial charge < -0.3 is 4.57 Å². The van der Waals surface area contributed by atoms with Crippen LogP contribution in [0.15, 0.2) is 0 Å². The minimum absolute atomic E-state index is 0.598. The summed E-state index contributed by atoms with van der Waals surface area (Å²) in [4.78, 5) is 0. The average molecular weight is 172 g/mol. The Balaban J connectivity index is 2.14. The van der Waals surface area contributed by atoms with Crippen LogP contribution in [0.3, 0.4) is 0 Å². The molecule has 2 bridgehead atoms. The highest BCUT2D eigenvalue weighted by Gasteiger charge is 2.44. The fraction of sp³-hybridized carbons (Fsp3) is 1.00. The molecule has 0 aromatic rings. The molecule has 0 aromatic carbocycles. The van der Waals surface area contributed by atoms with E-state index in [1.807, 2.05) is 13.3 Å². The highest BCUT2D eigenvalue weighted by atomic mass is 31.2. The van der Waals surface area contributed by atoms with Crippen molar-refractivity contribution in [2.24, 2.45) is 11.8 Å². The molecule has 2 rings (SSSR count). The van der Waals surface area contributed by atoms with Crippen LogP contribution in [0.5, 0.6) is 0 Å². The van der Waals surface area contributed by atoms with Gasteiger partial charge in [-0.1, -0.05) is 6.42 Å². The van der Waals surface area contributed by atoms with Gasteiger partial charge in [0.15, 0.2) is 0 Å². The lowest BCUT2D eigenvalue weighted by molar-refractivity contribution is 0.468. The third-order valence-corrected chi connectivity index (χ3v) is 5.73. The monoisotopic (exact) mass is 172 g/mol. The lowest BCUT2D eigenvalue weighted by Crippen LogP contribution is -2.15. The van der Waals surface area contributed by atoms with Crippen molar-refractivity contribution in [3.05, 3.63) is 0 Å². The van der Waals surface area contributed by atoms with E-state index in [1.165, 1.54) is 25.7 Å². The SMILES string of the molecule is CP(C)(=O)[C@H]1C[C@H]2CC[C@@H]1C2. The van der Waals surface area contributed by atoms with E-state index in [0.29, 0.717) is 5.66 Å². The van der Waals surface area contributed by atoms with Crippen LogP contribution in [-0.2, 0) is 4.57 Å². The first-order valence-electron chi connectivity index (χ1n) is 4.62. The minimum atomic E-state index is -1.76. The van der Waals surface area contributed by atoms with Gasteiger partial charge >= 0.3 is 0 Å². The minimum Gasteiger partial charge on any atom is -0.324 e. The summed E-state index contributed by atoms with van der Waals surface area (Å²) in [5.74, 6) is 1.78. The number of fused-ring (bicyclic) bond motifs is 2. The largest absolute Gasteiger partial charge is 0.324 e. The first-order chi connectivity index (χ1) is 5.07. The van der Waals surface area contributed by atoms with Crippen LogP contribution in [0.2, 0.25) is 0 Å². The van der Waals surface area contributed by atoms with E-state index in [9.17, 15) is 4.57 Å². The van der Waals surface area contributed by atoms with Gasteiger partial charge in [-0.05, 0) is 44.4 Å². The molecule has 2 aliphatic carbocycles. The summed E-state index contributed by atoms with van der Waals surface area (Å²) in [6.45, 7) is 3.94. The van der Waals surface area contributed by atoms with Crippen molar-refractivity contribution in [3.63, 3.8) is 0 Å². The molecule has 11 heavy (non-hydrogen) atoms. The van der Waals surface area contributed by atoms with Crippen molar-refractivity contribution in [1.29, 1.82) is 0 Å². The molecule has 0 heterocycles. The van der Waals surface area contributed by atoms with Gasteiger partial charge in [-0.2, -0.15) is 0 Å². The Morgan fingerprint density at radius 1 is 1.18 bits per heavy atom. The Hall–Kier alpha value is 0.230. The molecule has 2 aliphatic rings. The molecule has 0 unspecified atom stereocenters. The summed E-state index contributed by atoms with van der Waals surface area (Å²) >= 11 is 0. The maximum Gasteiger partial charge on any atom is 0.0851 e. The number of rotatable bonds is 1. The molecule has 0 aromatic heterocycles. The van der Waals surface area contributed by atoms with E-state index in [0.717, 1.165) is 11.8 Å². The Labute approximate surface area is 68.9 Å². The predicted molar refractivity (Wildman–Crippen MR) is 48.7 cm³/mol. The maximum absolute atomic E-state index is 11.8. The molecule has 64 valence electrons. The highest BCUT2D eigenvalue weighted by Crippen LogP contribution is 2.59. The summed E-state index contributed by atoms with van der Waals surface area (Å²) in [7, 11) is -1.76. The van der Waals surface area contributed by atoms with E-state index in [-0.39, 0.29) is 0 Å². The quantitative estimate of drug-likeness (QED) is 0.556. The first-order valence-corrected chi connectivity index (χ1v) is 7.29. The lowest BCUT2D eigenvalue weighted by atomic mass is 10.0. The molecule has 0 radical (unpaired) electrons. The fourth-order valence-corrected chi connectivity index (χ4v) is 5.06. The van der Waals surface area contributed by atoms with Gasteiger partial charge in [0, 0.05) is 5.66 Å². The van der Waals surface area contributed by atoms with Gasteiger partial charge in [0.2, 0.25) is 0 Å². The topological polar surface area (TPSA) is 17.1 Å². The zero-order valence-electron chi connectivity index (χ0n) is 7.42. The van der Waals surface area contributed by atoms with Crippen molar-refractivity contribution >= 4 is 7.14 Å². The molecule has 2 saturated carbocycles. The van der Waals surface area contributed by atoms with Crippen LogP contribution in [0.25, 0.3) is 0 Å². The molecule has 1 nitrogen and oxygen atoms in total. The third-order valence-electron chi connectivity index (χ3n) is 3.50. The van der Waals surface area contributed by atoms with Gasteiger partial charge in [-0.25, -0.2) is 0 Å².